The van der Waals surface area contributed by atoms with Crippen molar-refractivity contribution in [1.82, 2.24) is 0 Å². The molecule has 2 rings (SSSR count). The van der Waals surface area contributed by atoms with Crippen molar-refractivity contribution in [2.24, 2.45) is 5.92 Å². The summed E-state index contributed by atoms with van der Waals surface area (Å²) in [4.78, 5) is 21.9. The van der Waals surface area contributed by atoms with E-state index in [2.05, 4.69) is 5.32 Å². The number of benzene rings is 1. The Bertz CT molecular complexity index is 481. The molecule has 1 aliphatic carbocycles. The van der Waals surface area contributed by atoms with Crippen LogP contribution in [0.15, 0.2) is 18.2 Å². The van der Waals surface area contributed by atoms with Crippen LogP contribution in [0.3, 0.4) is 0 Å². The summed E-state index contributed by atoms with van der Waals surface area (Å²) < 4.78 is 0. The van der Waals surface area contributed by atoms with Crippen LogP contribution in [0.1, 0.15) is 25.7 Å². The number of nitrogens with one attached hydrogen (secondary N) is 1. The molecule has 96 valence electrons. The molecule has 1 fully saturated rings. The van der Waals surface area contributed by atoms with E-state index in [0.29, 0.717) is 5.69 Å². The minimum absolute atomic E-state index is 0.0413. The molecule has 0 aliphatic heterocycles. The van der Waals surface area contributed by atoms with Gasteiger partial charge in [-0.25, -0.2) is 0 Å². The van der Waals surface area contributed by atoms with E-state index in [-0.39, 0.29) is 23.2 Å². The average molecular weight is 249 g/mol. The molecule has 18 heavy (non-hydrogen) atoms. The van der Waals surface area contributed by atoms with Gasteiger partial charge in [0, 0.05) is 18.1 Å². The van der Waals surface area contributed by atoms with Gasteiger partial charge in [0.25, 0.3) is 5.69 Å². The van der Waals surface area contributed by atoms with E-state index in [0.717, 1.165) is 25.7 Å². The number of nitro groups is 1. The molecule has 0 heterocycles. The summed E-state index contributed by atoms with van der Waals surface area (Å²) in [6.07, 6.45) is 3.96. The molecule has 0 bridgehead atoms. The topological polar surface area (TPSA) is 98.3 Å². The van der Waals surface area contributed by atoms with Gasteiger partial charge in [-0.05, 0) is 18.9 Å². The molecule has 0 unspecified atom stereocenters. The Morgan fingerprint density at radius 2 is 2.06 bits per heavy atom. The fraction of sp³-hybridized carbons (Fsp3) is 0.417. The number of nitrogens with zero attached hydrogens (tertiary/aromatic N) is 1. The second kappa shape index (κ2) is 5.03. The normalized spacial score (nSPS) is 15.6. The van der Waals surface area contributed by atoms with E-state index in [1.54, 1.807) is 0 Å². The number of carbonyl (C=O) groups is 1. The maximum atomic E-state index is 11.9. The largest absolute Gasteiger partial charge is 0.397 e. The Balaban J connectivity index is 2.09. The molecule has 0 spiro atoms. The predicted molar refractivity (Wildman–Crippen MR) is 68.1 cm³/mol. The average Bonchev–Trinajstić information content (AvgIpc) is 2.85. The van der Waals surface area contributed by atoms with Gasteiger partial charge in [-0.15, -0.1) is 0 Å². The number of anilines is 2. The van der Waals surface area contributed by atoms with Crippen LogP contribution in [0, 0.1) is 16.0 Å². The number of non-ortho nitro benzene ring substituents is 1. The predicted octanol–water partition coefficient (Wildman–Crippen LogP) is 2.31. The summed E-state index contributed by atoms with van der Waals surface area (Å²) >= 11 is 0. The lowest BCUT2D eigenvalue weighted by atomic mass is 10.1. The van der Waals surface area contributed by atoms with Gasteiger partial charge < -0.3 is 11.1 Å². The summed E-state index contributed by atoms with van der Waals surface area (Å²) in [6.45, 7) is 0. The summed E-state index contributed by atoms with van der Waals surface area (Å²) in [5.41, 5.74) is 6.27. The maximum Gasteiger partial charge on any atom is 0.271 e. The van der Waals surface area contributed by atoms with Gasteiger partial charge in [0.1, 0.15) is 0 Å². The van der Waals surface area contributed by atoms with Gasteiger partial charge in [0.05, 0.1) is 16.3 Å². The zero-order chi connectivity index (χ0) is 13.1. The first-order valence-electron chi connectivity index (χ1n) is 5.92. The molecule has 0 saturated heterocycles. The Morgan fingerprint density at radius 3 is 2.61 bits per heavy atom. The van der Waals surface area contributed by atoms with Crippen molar-refractivity contribution in [2.75, 3.05) is 11.1 Å². The lowest BCUT2D eigenvalue weighted by Gasteiger charge is -2.11. The van der Waals surface area contributed by atoms with Gasteiger partial charge in [-0.2, -0.15) is 0 Å². The van der Waals surface area contributed by atoms with Crippen LogP contribution in [0.25, 0.3) is 0 Å². The highest BCUT2D eigenvalue weighted by Gasteiger charge is 2.23. The standard InChI is InChI=1S/C12H15N3O3/c13-10-7-9(15(17)18)5-6-11(10)14-12(16)8-3-1-2-4-8/h5-8H,1-4,13H2,(H,14,16). The van der Waals surface area contributed by atoms with Crippen LogP contribution >= 0.6 is 0 Å². The number of carbonyl (C=O) groups excluding carboxylic acids is 1. The fourth-order valence-electron chi connectivity index (χ4n) is 2.20. The van der Waals surface area contributed by atoms with Crippen LogP contribution in [0.5, 0.6) is 0 Å². The van der Waals surface area contributed by atoms with Gasteiger partial charge in [-0.3, -0.25) is 14.9 Å². The highest BCUT2D eigenvalue weighted by atomic mass is 16.6. The summed E-state index contributed by atoms with van der Waals surface area (Å²) in [6, 6.07) is 4.06. The monoisotopic (exact) mass is 249 g/mol. The maximum absolute atomic E-state index is 11.9. The molecule has 0 aromatic heterocycles. The molecule has 0 atom stereocenters. The van der Waals surface area contributed by atoms with E-state index in [1.807, 2.05) is 0 Å². The second-order valence-corrected chi connectivity index (χ2v) is 4.50. The molecule has 1 aliphatic rings. The van der Waals surface area contributed by atoms with Gasteiger partial charge in [0.15, 0.2) is 0 Å². The molecular weight excluding hydrogens is 234 g/mol. The minimum Gasteiger partial charge on any atom is -0.397 e. The summed E-state index contributed by atoms with van der Waals surface area (Å²) in [5.74, 6) is -0.00681. The lowest BCUT2D eigenvalue weighted by molar-refractivity contribution is -0.384. The third-order valence-corrected chi connectivity index (χ3v) is 3.23. The van der Waals surface area contributed by atoms with Crippen LogP contribution in [-0.2, 0) is 4.79 Å². The highest BCUT2D eigenvalue weighted by Crippen LogP contribution is 2.28. The minimum atomic E-state index is -0.515. The third-order valence-electron chi connectivity index (χ3n) is 3.23. The zero-order valence-electron chi connectivity index (χ0n) is 9.89. The van der Waals surface area contributed by atoms with E-state index in [1.165, 1.54) is 18.2 Å². The van der Waals surface area contributed by atoms with Crippen molar-refractivity contribution < 1.29 is 9.72 Å². The SMILES string of the molecule is Nc1cc([N+](=O)[O-])ccc1NC(=O)C1CCCC1. The number of hydrogen-bond acceptors (Lipinski definition) is 4. The van der Waals surface area contributed by atoms with Gasteiger partial charge in [0.2, 0.25) is 5.91 Å². The highest BCUT2D eigenvalue weighted by molar-refractivity contribution is 5.95. The number of nitrogens with two attached hydrogens (primary N) is 1. The van der Waals surface area contributed by atoms with Gasteiger partial charge >= 0.3 is 0 Å². The molecule has 1 aromatic rings. The first-order valence-corrected chi connectivity index (χ1v) is 5.92. The molecule has 6 nitrogen and oxygen atoms in total. The van der Waals surface area contributed by atoms with Crippen molar-refractivity contribution in [3.05, 3.63) is 28.3 Å². The second-order valence-electron chi connectivity index (χ2n) is 4.50. The molecule has 3 N–H and O–H groups in total. The molecule has 1 saturated carbocycles. The van der Waals surface area contributed by atoms with E-state index in [9.17, 15) is 14.9 Å². The third kappa shape index (κ3) is 2.58. The molecular formula is C12H15N3O3. The van der Waals surface area contributed by atoms with Crippen molar-refractivity contribution in [3.8, 4) is 0 Å². The van der Waals surface area contributed by atoms with Crippen molar-refractivity contribution in [1.29, 1.82) is 0 Å². The van der Waals surface area contributed by atoms with Crippen LogP contribution < -0.4 is 11.1 Å². The van der Waals surface area contributed by atoms with E-state index < -0.39 is 4.92 Å². The summed E-state index contributed by atoms with van der Waals surface area (Å²) in [5, 5.41) is 13.3. The van der Waals surface area contributed by atoms with Gasteiger partial charge in [-0.1, -0.05) is 12.8 Å². The number of amides is 1. The Kier molecular flexibility index (Phi) is 3.45. The van der Waals surface area contributed by atoms with Crippen molar-refractivity contribution in [2.45, 2.75) is 25.7 Å². The Labute approximate surface area is 104 Å². The number of nitro benzene ring substituents is 1. The quantitative estimate of drug-likeness (QED) is 0.487. The van der Waals surface area contributed by atoms with Crippen LogP contribution in [-0.4, -0.2) is 10.8 Å². The molecule has 1 amide bonds. The van der Waals surface area contributed by atoms with Crippen LogP contribution in [0.4, 0.5) is 17.1 Å². The van der Waals surface area contributed by atoms with Crippen LogP contribution in [0.2, 0.25) is 0 Å². The molecule has 0 radical (unpaired) electrons. The smallest absolute Gasteiger partial charge is 0.271 e. The first kappa shape index (κ1) is 12.3. The molecule has 6 heteroatoms. The lowest BCUT2D eigenvalue weighted by Crippen LogP contribution is -2.20. The van der Waals surface area contributed by atoms with Crippen molar-refractivity contribution >= 4 is 23.0 Å². The Hall–Kier alpha value is -2.11. The zero-order valence-corrected chi connectivity index (χ0v) is 9.89. The number of hydrogen-bond donors (Lipinski definition) is 2. The first-order chi connectivity index (χ1) is 8.58. The number of nitrogen functional groups attached to an aromatic ring is 1. The number of rotatable bonds is 3. The van der Waals surface area contributed by atoms with Crippen molar-refractivity contribution in [3.63, 3.8) is 0 Å². The summed E-state index contributed by atoms with van der Waals surface area (Å²) in [7, 11) is 0. The Morgan fingerprint density at radius 1 is 1.39 bits per heavy atom. The van der Waals surface area contributed by atoms with E-state index in [4.69, 9.17) is 5.73 Å². The fourth-order valence-corrected chi connectivity index (χ4v) is 2.20. The molecule has 1 aromatic carbocycles. The van der Waals surface area contributed by atoms with E-state index >= 15 is 0 Å².